The molecule has 0 radical (unpaired) electrons. The van der Waals surface area contributed by atoms with Crippen LogP contribution in [0.25, 0.3) is 0 Å². The zero-order valence-electron chi connectivity index (χ0n) is 12.2. The van der Waals surface area contributed by atoms with E-state index in [4.69, 9.17) is 0 Å². The van der Waals surface area contributed by atoms with Gasteiger partial charge in [0.2, 0.25) is 5.95 Å². The Hall–Kier alpha value is -2.03. The first kappa shape index (κ1) is 16.3. The third-order valence-corrected chi connectivity index (χ3v) is 3.47. The number of aromatic nitrogens is 4. The number of hydrogen-bond donors (Lipinski definition) is 1. The van der Waals surface area contributed by atoms with Gasteiger partial charge >= 0.3 is 0 Å². The van der Waals surface area contributed by atoms with Crippen LogP contribution in [0.15, 0.2) is 28.2 Å². The maximum atomic E-state index is 13.7. The number of amides is 1. The van der Waals surface area contributed by atoms with E-state index in [2.05, 4.69) is 36.7 Å². The molecular formula is C13H16BrFN6O. The van der Waals surface area contributed by atoms with E-state index in [1.54, 1.807) is 24.0 Å². The van der Waals surface area contributed by atoms with E-state index in [0.29, 0.717) is 13.0 Å². The van der Waals surface area contributed by atoms with Crippen LogP contribution in [0.2, 0.25) is 0 Å². The quantitative estimate of drug-likeness (QED) is 0.624. The molecule has 9 heteroatoms. The summed E-state index contributed by atoms with van der Waals surface area (Å²) in [5.41, 5.74) is 2.61. The number of hydrogen-bond acceptors (Lipinski definition) is 4. The van der Waals surface area contributed by atoms with E-state index < -0.39 is 12.0 Å². The molecule has 1 N–H and O–H groups in total. The number of halogens is 2. The number of nitrogens with one attached hydrogen (secondary N) is 1. The number of nitrogens with zero attached hydrogens (tertiary/aromatic N) is 5. The number of hydrazone groups is 1. The highest BCUT2D eigenvalue weighted by Gasteiger charge is 2.18. The lowest BCUT2D eigenvalue weighted by Crippen LogP contribution is -2.29. The van der Waals surface area contributed by atoms with Crippen LogP contribution < -0.4 is 5.43 Å². The summed E-state index contributed by atoms with van der Waals surface area (Å²) in [6.45, 7) is 4.08. The molecule has 0 aromatic carbocycles. The monoisotopic (exact) mass is 370 g/mol. The number of carbonyl (C=O) groups is 1. The van der Waals surface area contributed by atoms with Crippen molar-refractivity contribution in [1.82, 2.24) is 25.0 Å². The standard InChI is InChI=1S/C13H16BrFN6O/c1-3-11(21-8-10(14)7-18-21)13(22)19-16-5-9-6-17-20(4-2)12(9)15/h5-8,11H,3-4H2,1-2H3,(H,19,22)/b16-5-/t11-/m0/s1. The fraction of sp³-hybridized carbons (Fsp3) is 0.385. The van der Waals surface area contributed by atoms with Crippen molar-refractivity contribution in [2.75, 3.05) is 0 Å². The van der Waals surface area contributed by atoms with E-state index in [1.165, 1.54) is 17.1 Å². The molecule has 0 fully saturated rings. The first-order chi connectivity index (χ1) is 10.6. The summed E-state index contributed by atoms with van der Waals surface area (Å²) < 4.78 is 17.3. The van der Waals surface area contributed by atoms with Crippen molar-refractivity contribution in [3.8, 4) is 0 Å². The third kappa shape index (κ3) is 3.59. The zero-order valence-corrected chi connectivity index (χ0v) is 13.8. The Balaban J connectivity index is 2.01. The van der Waals surface area contributed by atoms with Gasteiger partial charge in [0.05, 0.1) is 28.6 Å². The highest BCUT2D eigenvalue weighted by molar-refractivity contribution is 9.10. The van der Waals surface area contributed by atoms with Crippen molar-refractivity contribution in [3.63, 3.8) is 0 Å². The Morgan fingerprint density at radius 3 is 2.82 bits per heavy atom. The van der Waals surface area contributed by atoms with Gasteiger partial charge in [0.15, 0.2) is 0 Å². The summed E-state index contributed by atoms with van der Waals surface area (Å²) in [6, 6.07) is -0.480. The summed E-state index contributed by atoms with van der Waals surface area (Å²) in [7, 11) is 0. The Kier molecular flexibility index (Phi) is 5.42. The molecule has 118 valence electrons. The van der Waals surface area contributed by atoms with Gasteiger partial charge in [-0.3, -0.25) is 9.48 Å². The summed E-state index contributed by atoms with van der Waals surface area (Å²) in [5.74, 6) is -0.804. The maximum absolute atomic E-state index is 13.7. The highest BCUT2D eigenvalue weighted by atomic mass is 79.9. The predicted molar refractivity (Wildman–Crippen MR) is 82.9 cm³/mol. The number of carbonyl (C=O) groups excluding carboxylic acids is 1. The zero-order chi connectivity index (χ0) is 16.1. The molecule has 7 nitrogen and oxygen atoms in total. The predicted octanol–water partition coefficient (Wildman–Crippen LogP) is 2.10. The third-order valence-electron chi connectivity index (χ3n) is 3.06. The summed E-state index contributed by atoms with van der Waals surface area (Å²) in [4.78, 5) is 12.1. The van der Waals surface area contributed by atoms with Crippen molar-refractivity contribution in [1.29, 1.82) is 0 Å². The van der Waals surface area contributed by atoms with E-state index >= 15 is 0 Å². The molecule has 0 bridgehead atoms. The molecule has 0 aliphatic rings. The topological polar surface area (TPSA) is 77.1 Å². The van der Waals surface area contributed by atoms with Crippen molar-refractivity contribution in [2.45, 2.75) is 32.9 Å². The van der Waals surface area contributed by atoms with Gasteiger partial charge in [0.1, 0.15) is 6.04 Å². The Morgan fingerprint density at radius 2 is 2.27 bits per heavy atom. The SMILES string of the molecule is CC[C@@H](C(=O)N/N=C\c1cnn(CC)c1F)n1cc(Br)cn1. The molecule has 2 rings (SSSR count). The summed E-state index contributed by atoms with van der Waals surface area (Å²) in [6.07, 6.45) is 6.46. The molecule has 0 aliphatic carbocycles. The van der Waals surface area contributed by atoms with Crippen LogP contribution in [0.1, 0.15) is 31.9 Å². The van der Waals surface area contributed by atoms with Gasteiger partial charge in [0.25, 0.3) is 5.91 Å². The van der Waals surface area contributed by atoms with Gasteiger partial charge in [-0.2, -0.15) is 19.7 Å². The highest BCUT2D eigenvalue weighted by Crippen LogP contribution is 2.14. The van der Waals surface area contributed by atoms with Gasteiger partial charge in [-0.15, -0.1) is 0 Å². The van der Waals surface area contributed by atoms with E-state index in [1.807, 2.05) is 6.92 Å². The van der Waals surface area contributed by atoms with Crippen LogP contribution in [-0.2, 0) is 11.3 Å². The molecule has 2 aromatic heterocycles. The fourth-order valence-corrected chi connectivity index (χ4v) is 2.21. The molecular weight excluding hydrogens is 355 g/mol. The second kappa shape index (κ2) is 7.30. The maximum Gasteiger partial charge on any atom is 0.264 e. The molecule has 1 amide bonds. The lowest BCUT2D eigenvalue weighted by molar-refractivity contribution is -0.124. The van der Waals surface area contributed by atoms with Crippen molar-refractivity contribution in [3.05, 3.63) is 34.6 Å². The Morgan fingerprint density at radius 1 is 1.50 bits per heavy atom. The molecule has 2 heterocycles. The van der Waals surface area contributed by atoms with Gasteiger partial charge in [-0.05, 0) is 29.3 Å². The molecule has 0 aliphatic heterocycles. The smallest absolute Gasteiger partial charge is 0.264 e. The summed E-state index contributed by atoms with van der Waals surface area (Å²) in [5, 5.41) is 11.7. The average Bonchev–Trinajstić information content (AvgIpc) is 3.07. The van der Waals surface area contributed by atoms with Crippen LogP contribution in [0.3, 0.4) is 0 Å². The first-order valence-electron chi connectivity index (χ1n) is 6.80. The van der Waals surface area contributed by atoms with Crippen LogP contribution in [0.4, 0.5) is 4.39 Å². The minimum atomic E-state index is -0.483. The number of rotatable bonds is 6. The van der Waals surface area contributed by atoms with Crippen LogP contribution in [0, 0.1) is 5.95 Å². The Labute approximate surface area is 135 Å². The van der Waals surface area contributed by atoms with Crippen molar-refractivity contribution < 1.29 is 9.18 Å². The average molecular weight is 371 g/mol. The van der Waals surface area contributed by atoms with E-state index in [9.17, 15) is 9.18 Å². The van der Waals surface area contributed by atoms with Gasteiger partial charge < -0.3 is 0 Å². The van der Waals surface area contributed by atoms with Crippen LogP contribution in [-0.4, -0.2) is 31.7 Å². The lowest BCUT2D eigenvalue weighted by Gasteiger charge is -2.12. The summed E-state index contributed by atoms with van der Waals surface area (Å²) >= 11 is 3.28. The van der Waals surface area contributed by atoms with Crippen LogP contribution >= 0.6 is 15.9 Å². The molecule has 1 atom stereocenters. The molecule has 22 heavy (non-hydrogen) atoms. The first-order valence-corrected chi connectivity index (χ1v) is 7.60. The van der Waals surface area contributed by atoms with Gasteiger partial charge in [-0.1, -0.05) is 6.92 Å². The molecule has 0 unspecified atom stereocenters. The van der Waals surface area contributed by atoms with Gasteiger partial charge in [0, 0.05) is 12.7 Å². The second-order valence-corrected chi connectivity index (χ2v) is 5.42. The molecule has 0 spiro atoms. The second-order valence-electron chi connectivity index (χ2n) is 4.50. The normalized spacial score (nSPS) is 12.7. The molecule has 0 saturated carbocycles. The molecule has 0 saturated heterocycles. The lowest BCUT2D eigenvalue weighted by atomic mass is 10.2. The Bertz CT molecular complexity index is 680. The minimum absolute atomic E-state index is 0.219. The van der Waals surface area contributed by atoms with E-state index in [-0.39, 0.29) is 11.5 Å². The van der Waals surface area contributed by atoms with Crippen molar-refractivity contribution >= 4 is 28.1 Å². The van der Waals surface area contributed by atoms with Gasteiger partial charge in [-0.25, -0.2) is 10.1 Å². The number of aryl methyl sites for hydroxylation is 1. The largest absolute Gasteiger partial charge is 0.271 e. The minimum Gasteiger partial charge on any atom is -0.271 e. The molecule has 2 aromatic rings. The van der Waals surface area contributed by atoms with Crippen molar-refractivity contribution in [2.24, 2.45) is 5.10 Å². The fourth-order valence-electron chi connectivity index (χ4n) is 1.91. The van der Waals surface area contributed by atoms with E-state index in [0.717, 1.165) is 4.47 Å². The van der Waals surface area contributed by atoms with Crippen LogP contribution in [0.5, 0.6) is 0 Å².